The van der Waals surface area contributed by atoms with Gasteiger partial charge in [-0.1, -0.05) is 0 Å². The molecule has 0 saturated carbocycles. The number of nitrogens with two attached hydrogens (primary N) is 1. The summed E-state index contributed by atoms with van der Waals surface area (Å²) < 4.78 is 5.14. The van der Waals surface area contributed by atoms with Gasteiger partial charge in [0.05, 0.1) is 19.3 Å². The van der Waals surface area contributed by atoms with E-state index in [1.54, 1.807) is 12.4 Å². The Bertz CT molecular complexity index is 330. The number of ether oxygens (including phenoxy) is 1. The second kappa shape index (κ2) is 7.76. The highest BCUT2D eigenvalue weighted by Crippen LogP contribution is 2.09. The number of hydrogen-bond acceptors (Lipinski definition) is 4. The van der Waals surface area contributed by atoms with E-state index in [-0.39, 0.29) is 11.9 Å². The number of hydrogen-bond donors (Lipinski definition) is 2. The van der Waals surface area contributed by atoms with Crippen molar-refractivity contribution in [2.24, 2.45) is 5.73 Å². The van der Waals surface area contributed by atoms with E-state index in [1.165, 1.54) is 0 Å². The van der Waals surface area contributed by atoms with Crippen LogP contribution >= 0.6 is 0 Å². The lowest BCUT2D eigenvalue weighted by molar-refractivity contribution is -0.122. The fourth-order valence-electron chi connectivity index (χ4n) is 1.40. The highest BCUT2D eigenvalue weighted by molar-refractivity contribution is 5.76. The van der Waals surface area contributed by atoms with E-state index in [9.17, 15) is 4.79 Å². The number of pyridine rings is 1. The predicted molar refractivity (Wildman–Crippen MR) is 65.3 cm³/mol. The van der Waals surface area contributed by atoms with E-state index in [1.807, 2.05) is 19.1 Å². The maximum atomic E-state index is 11.6. The fraction of sp³-hybridized carbons (Fsp3) is 0.500. The van der Waals surface area contributed by atoms with Gasteiger partial charge in [-0.2, -0.15) is 0 Å². The molecule has 0 saturated heterocycles. The normalized spacial score (nSPS) is 12.1. The molecule has 1 aromatic rings. The Hall–Kier alpha value is -1.46. The molecule has 0 aliphatic heterocycles. The largest absolute Gasteiger partial charge is 0.380 e. The van der Waals surface area contributed by atoms with Gasteiger partial charge in [0.25, 0.3) is 0 Å². The SMILES string of the molecule is CC(NC(=O)CCOCCN)c1ccncc1. The molecule has 1 aromatic heterocycles. The molecular formula is C12H19N3O2. The van der Waals surface area contributed by atoms with E-state index in [0.29, 0.717) is 26.2 Å². The van der Waals surface area contributed by atoms with Crippen LogP contribution in [0.25, 0.3) is 0 Å². The Morgan fingerprint density at radius 1 is 1.47 bits per heavy atom. The molecule has 1 amide bonds. The number of amides is 1. The number of carbonyl (C=O) groups excluding carboxylic acids is 1. The molecule has 0 aromatic carbocycles. The summed E-state index contributed by atoms with van der Waals surface area (Å²) in [6, 6.07) is 3.76. The van der Waals surface area contributed by atoms with Gasteiger partial charge >= 0.3 is 0 Å². The van der Waals surface area contributed by atoms with Crippen molar-refractivity contribution in [3.63, 3.8) is 0 Å². The molecule has 0 aliphatic rings. The monoisotopic (exact) mass is 237 g/mol. The van der Waals surface area contributed by atoms with Crippen LogP contribution in [0.4, 0.5) is 0 Å². The number of aromatic nitrogens is 1. The molecular weight excluding hydrogens is 218 g/mol. The zero-order chi connectivity index (χ0) is 12.5. The van der Waals surface area contributed by atoms with E-state index >= 15 is 0 Å². The maximum Gasteiger partial charge on any atom is 0.222 e. The Morgan fingerprint density at radius 3 is 2.82 bits per heavy atom. The summed E-state index contributed by atoms with van der Waals surface area (Å²) in [5.74, 6) is -0.0219. The molecule has 1 unspecified atom stereocenters. The lowest BCUT2D eigenvalue weighted by Crippen LogP contribution is -2.27. The summed E-state index contributed by atoms with van der Waals surface area (Å²) in [6.45, 7) is 3.32. The Balaban J connectivity index is 2.26. The van der Waals surface area contributed by atoms with Gasteiger partial charge < -0.3 is 15.8 Å². The molecule has 0 bridgehead atoms. The smallest absolute Gasteiger partial charge is 0.222 e. The Kier molecular flexibility index (Phi) is 6.21. The first-order valence-electron chi connectivity index (χ1n) is 5.71. The van der Waals surface area contributed by atoms with E-state index < -0.39 is 0 Å². The molecule has 1 atom stereocenters. The van der Waals surface area contributed by atoms with Crippen LogP contribution in [0.15, 0.2) is 24.5 Å². The predicted octanol–water partition coefficient (Wildman–Crippen LogP) is 0.624. The van der Waals surface area contributed by atoms with Crippen molar-refractivity contribution in [3.8, 4) is 0 Å². The summed E-state index contributed by atoms with van der Waals surface area (Å²) in [6.07, 6.45) is 3.78. The molecule has 0 fully saturated rings. The summed E-state index contributed by atoms with van der Waals surface area (Å²) in [7, 11) is 0. The van der Waals surface area contributed by atoms with Gasteiger partial charge in [0.2, 0.25) is 5.91 Å². The van der Waals surface area contributed by atoms with Crippen molar-refractivity contribution in [2.75, 3.05) is 19.8 Å². The van der Waals surface area contributed by atoms with Crippen molar-refractivity contribution in [1.29, 1.82) is 0 Å². The Morgan fingerprint density at radius 2 is 2.18 bits per heavy atom. The highest BCUT2D eigenvalue weighted by atomic mass is 16.5. The third kappa shape index (κ3) is 5.42. The zero-order valence-corrected chi connectivity index (χ0v) is 10.1. The van der Waals surface area contributed by atoms with Crippen LogP contribution in [0.2, 0.25) is 0 Å². The third-order valence-corrected chi connectivity index (χ3v) is 2.32. The first-order valence-corrected chi connectivity index (χ1v) is 5.71. The van der Waals surface area contributed by atoms with Crippen molar-refractivity contribution in [3.05, 3.63) is 30.1 Å². The van der Waals surface area contributed by atoms with Gasteiger partial charge in [0.15, 0.2) is 0 Å². The van der Waals surface area contributed by atoms with Gasteiger partial charge in [0, 0.05) is 25.4 Å². The van der Waals surface area contributed by atoms with Crippen LogP contribution in [-0.4, -0.2) is 30.6 Å². The van der Waals surface area contributed by atoms with Gasteiger partial charge in [-0.05, 0) is 24.6 Å². The average molecular weight is 237 g/mol. The standard InChI is InChI=1S/C12H19N3O2/c1-10(11-2-6-14-7-3-11)15-12(16)4-8-17-9-5-13/h2-3,6-7,10H,4-5,8-9,13H2,1H3,(H,15,16). The molecule has 1 heterocycles. The second-order valence-corrected chi connectivity index (χ2v) is 3.72. The van der Waals surface area contributed by atoms with Gasteiger partial charge in [0.1, 0.15) is 0 Å². The number of carbonyl (C=O) groups is 1. The van der Waals surface area contributed by atoms with E-state index in [0.717, 1.165) is 5.56 Å². The molecule has 94 valence electrons. The molecule has 0 radical (unpaired) electrons. The minimum absolute atomic E-state index is 0.0139. The summed E-state index contributed by atoms with van der Waals surface area (Å²) in [5.41, 5.74) is 6.31. The molecule has 3 N–H and O–H groups in total. The minimum Gasteiger partial charge on any atom is -0.380 e. The van der Waals surface area contributed by atoms with Gasteiger partial charge in [-0.15, -0.1) is 0 Å². The molecule has 5 heteroatoms. The first kappa shape index (κ1) is 13.6. The summed E-state index contributed by atoms with van der Waals surface area (Å²) >= 11 is 0. The third-order valence-electron chi connectivity index (χ3n) is 2.32. The van der Waals surface area contributed by atoms with Crippen molar-refractivity contribution >= 4 is 5.91 Å². The van der Waals surface area contributed by atoms with Crippen molar-refractivity contribution in [1.82, 2.24) is 10.3 Å². The zero-order valence-electron chi connectivity index (χ0n) is 10.1. The van der Waals surface area contributed by atoms with Crippen LogP contribution in [0.1, 0.15) is 24.9 Å². The fourth-order valence-corrected chi connectivity index (χ4v) is 1.40. The van der Waals surface area contributed by atoms with Crippen LogP contribution in [-0.2, 0) is 9.53 Å². The topological polar surface area (TPSA) is 77.2 Å². The van der Waals surface area contributed by atoms with Crippen LogP contribution in [0, 0.1) is 0 Å². The van der Waals surface area contributed by atoms with E-state index in [4.69, 9.17) is 10.5 Å². The molecule has 0 aliphatic carbocycles. The Labute approximate surface area is 101 Å². The number of nitrogens with zero attached hydrogens (tertiary/aromatic N) is 1. The van der Waals surface area contributed by atoms with Crippen LogP contribution < -0.4 is 11.1 Å². The van der Waals surface area contributed by atoms with Crippen molar-refractivity contribution < 1.29 is 9.53 Å². The van der Waals surface area contributed by atoms with Crippen LogP contribution in [0.5, 0.6) is 0 Å². The average Bonchev–Trinajstić information content (AvgIpc) is 2.36. The first-order chi connectivity index (χ1) is 8.24. The molecule has 0 spiro atoms. The quantitative estimate of drug-likeness (QED) is 0.682. The van der Waals surface area contributed by atoms with Crippen LogP contribution in [0.3, 0.4) is 0 Å². The summed E-state index contributed by atoms with van der Waals surface area (Å²) in [5, 5.41) is 2.90. The second-order valence-electron chi connectivity index (χ2n) is 3.72. The molecule has 17 heavy (non-hydrogen) atoms. The lowest BCUT2D eigenvalue weighted by Gasteiger charge is -2.13. The maximum absolute atomic E-state index is 11.6. The molecule has 1 rings (SSSR count). The molecule has 5 nitrogen and oxygen atoms in total. The summed E-state index contributed by atoms with van der Waals surface area (Å²) in [4.78, 5) is 15.5. The van der Waals surface area contributed by atoms with Gasteiger partial charge in [-0.25, -0.2) is 0 Å². The number of rotatable bonds is 7. The minimum atomic E-state index is -0.0219. The lowest BCUT2D eigenvalue weighted by atomic mass is 10.1. The van der Waals surface area contributed by atoms with Gasteiger partial charge in [-0.3, -0.25) is 9.78 Å². The highest BCUT2D eigenvalue weighted by Gasteiger charge is 2.08. The van der Waals surface area contributed by atoms with E-state index in [2.05, 4.69) is 10.3 Å². The number of nitrogens with one attached hydrogen (secondary N) is 1. The van der Waals surface area contributed by atoms with Crippen molar-refractivity contribution in [2.45, 2.75) is 19.4 Å².